The number of piperidine rings is 1. The van der Waals surface area contributed by atoms with Gasteiger partial charge in [0, 0.05) is 44.2 Å². The van der Waals surface area contributed by atoms with Crippen LogP contribution in [0.2, 0.25) is 0 Å². The third-order valence-corrected chi connectivity index (χ3v) is 7.15. The van der Waals surface area contributed by atoms with Gasteiger partial charge in [-0.25, -0.2) is 15.4 Å². The van der Waals surface area contributed by atoms with Crippen molar-refractivity contribution in [2.75, 3.05) is 11.4 Å². The van der Waals surface area contributed by atoms with Gasteiger partial charge >= 0.3 is 0 Å². The molecule has 1 aromatic heterocycles. The van der Waals surface area contributed by atoms with E-state index < -0.39 is 5.91 Å². The second kappa shape index (κ2) is 6.24. The van der Waals surface area contributed by atoms with E-state index in [2.05, 4.69) is 45.2 Å². The highest BCUT2D eigenvalue weighted by molar-refractivity contribution is 5.92. The van der Waals surface area contributed by atoms with Gasteiger partial charge in [-0.05, 0) is 22.4 Å². The summed E-state index contributed by atoms with van der Waals surface area (Å²) < 4.78 is 0. The summed E-state index contributed by atoms with van der Waals surface area (Å²) in [4.78, 5) is 36.9. The molecule has 4 fully saturated rings. The van der Waals surface area contributed by atoms with Gasteiger partial charge in [-0.3, -0.25) is 14.8 Å². The van der Waals surface area contributed by atoms with Gasteiger partial charge < -0.3 is 9.80 Å². The van der Waals surface area contributed by atoms with E-state index >= 15 is 0 Å². The molecule has 4 atom stereocenters. The first-order valence-corrected chi connectivity index (χ1v) is 10.3. The van der Waals surface area contributed by atoms with Crippen molar-refractivity contribution in [2.24, 2.45) is 11.8 Å². The van der Waals surface area contributed by atoms with Crippen LogP contribution in [0.1, 0.15) is 22.8 Å². The van der Waals surface area contributed by atoms with Gasteiger partial charge in [-0.15, -0.1) is 0 Å². The van der Waals surface area contributed by atoms with Crippen molar-refractivity contribution in [1.29, 1.82) is 0 Å². The van der Waals surface area contributed by atoms with Crippen LogP contribution in [-0.2, 0) is 11.3 Å². The van der Waals surface area contributed by atoms with Gasteiger partial charge in [-0.2, -0.15) is 0 Å². The minimum Gasteiger partial charge on any atom is -0.335 e. The molecule has 4 aliphatic rings. The summed E-state index contributed by atoms with van der Waals surface area (Å²) in [5, 5.41) is 11.1. The zero-order valence-corrected chi connectivity index (χ0v) is 16.9. The topological polar surface area (TPSA) is 98.7 Å². The van der Waals surface area contributed by atoms with E-state index in [0.29, 0.717) is 24.3 Å². The Kier molecular flexibility index (Phi) is 3.68. The molecule has 0 spiro atoms. The van der Waals surface area contributed by atoms with Crippen molar-refractivity contribution in [3.05, 3.63) is 66.0 Å². The Morgan fingerprint density at radius 2 is 1.94 bits per heavy atom. The standard InChI is InChI=1S/C23H21N5O3/c1-13(29)28(11-14-6-7-15-4-2-3-5-16(15)8-14)23-18-12-27(20(23)19(18)23)22-24-9-17(10-25-22)21(30)26-31/h2-10,18-20,31H,11-12H2,1H3,(H,26,30). The number of hydrogen-bond acceptors (Lipinski definition) is 6. The number of rotatable bonds is 5. The predicted molar refractivity (Wildman–Crippen MR) is 112 cm³/mol. The number of nitrogens with zero attached hydrogens (tertiary/aromatic N) is 4. The van der Waals surface area contributed by atoms with Gasteiger partial charge in [0.2, 0.25) is 11.9 Å². The van der Waals surface area contributed by atoms with Gasteiger partial charge in [0.1, 0.15) is 0 Å². The molecular weight excluding hydrogens is 394 g/mol. The number of nitrogens with one attached hydrogen (secondary N) is 1. The monoisotopic (exact) mass is 415 g/mol. The molecule has 2 bridgehead atoms. The fourth-order valence-corrected chi connectivity index (χ4v) is 5.69. The first kappa shape index (κ1) is 18.3. The maximum atomic E-state index is 12.6. The SMILES string of the molecule is CC(=O)N(Cc1ccc2ccccc2c1)C12C3CN(c4ncc(C(=O)NO)cn4)C1C32. The van der Waals surface area contributed by atoms with E-state index in [0.717, 1.165) is 12.1 Å². The highest BCUT2D eigenvalue weighted by Crippen LogP contribution is 2.81. The number of anilines is 1. The predicted octanol–water partition coefficient (Wildman–Crippen LogP) is 1.98. The largest absolute Gasteiger partial charge is 0.335 e. The molecule has 2 aromatic carbocycles. The lowest BCUT2D eigenvalue weighted by Crippen LogP contribution is -2.41. The molecule has 4 unspecified atom stereocenters. The summed E-state index contributed by atoms with van der Waals surface area (Å²) in [5.41, 5.74) is 2.78. The lowest BCUT2D eigenvalue weighted by molar-refractivity contribution is -0.131. The molecule has 2 N–H and O–H groups in total. The summed E-state index contributed by atoms with van der Waals surface area (Å²) in [6, 6.07) is 14.8. The number of carbonyl (C=O) groups excluding carboxylic acids is 2. The molecule has 156 valence electrons. The van der Waals surface area contributed by atoms with E-state index in [1.54, 1.807) is 12.4 Å². The number of fused-ring (bicyclic) bond motifs is 2. The number of aromatic nitrogens is 2. The fourth-order valence-electron chi connectivity index (χ4n) is 5.69. The third kappa shape index (κ3) is 2.45. The van der Waals surface area contributed by atoms with Gasteiger partial charge in [0.05, 0.1) is 17.1 Å². The molecule has 2 saturated carbocycles. The number of hydrogen-bond donors (Lipinski definition) is 2. The van der Waals surface area contributed by atoms with E-state index in [1.807, 2.05) is 17.0 Å². The summed E-state index contributed by atoms with van der Waals surface area (Å²) >= 11 is 0. The van der Waals surface area contributed by atoms with Gasteiger partial charge in [-0.1, -0.05) is 36.4 Å². The molecule has 3 aromatic rings. The summed E-state index contributed by atoms with van der Waals surface area (Å²) in [6.45, 7) is 3.04. The molecule has 7 rings (SSSR count). The van der Waals surface area contributed by atoms with Gasteiger partial charge in [0.15, 0.2) is 0 Å². The summed E-state index contributed by atoms with van der Waals surface area (Å²) in [5.74, 6) is 0.894. The molecule has 2 aliphatic heterocycles. The molecule has 31 heavy (non-hydrogen) atoms. The average Bonchev–Trinajstić information content (AvgIpc) is 3.52. The van der Waals surface area contributed by atoms with Crippen LogP contribution in [0.3, 0.4) is 0 Å². The number of carbonyl (C=O) groups is 2. The molecule has 8 heteroatoms. The first-order chi connectivity index (χ1) is 15.1. The molecule has 8 nitrogen and oxygen atoms in total. The maximum absolute atomic E-state index is 12.6. The minimum absolute atomic E-state index is 0.0842. The molecule has 2 aliphatic carbocycles. The van der Waals surface area contributed by atoms with Crippen LogP contribution in [0.15, 0.2) is 54.9 Å². The Morgan fingerprint density at radius 1 is 1.19 bits per heavy atom. The Bertz CT molecular complexity index is 1220. The molecule has 2 saturated heterocycles. The Morgan fingerprint density at radius 3 is 2.61 bits per heavy atom. The average molecular weight is 415 g/mol. The second-order valence-electron chi connectivity index (χ2n) is 8.62. The zero-order valence-electron chi connectivity index (χ0n) is 16.9. The van der Waals surface area contributed by atoms with E-state index in [-0.39, 0.29) is 23.1 Å². The van der Waals surface area contributed by atoms with Crippen molar-refractivity contribution >= 4 is 28.5 Å². The summed E-state index contributed by atoms with van der Waals surface area (Å²) in [6.07, 6.45) is 2.81. The fraction of sp³-hybridized carbons (Fsp3) is 0.304. The zero-order chi connectivity index (χ0) is 21.3. The van der Waals surface area contributed by atoms with Crippen molar-refractivity contribution in [3.8, 4) is 0 Å². The molecule has 3 heterocycles. The number of amides is 2. The Balaban J connectivity index is 1.24. The van der Waals surface area contributed by atoms with Crippen molar-refractivity contribution in [2.45, 2.75) is 25.0 Å². The maximum Gasteiger partial charge on any atom is 0.277 e. The highest BCUT2D eigenvalue weighted by Gasteiger charge is 2.95. The number of benzene rings is 2. The van der Waals surface area contributed by atoms with E-state index in [1.165, 1.54) is 23.2 Å². The van der Waals surface area contributed by atoms with E-state index in [9.17, 15) is 9.59 Å². The lowest BCUT2D eigenvalue weighted by atomic mass is 10.1. The second-order valence-corrected chi connectivity index (χ2v) is 8.62. The van der Waals surface area contributed by atoms with Crippen LogP contribution in [0.5, 0.6) is 0 Å². The quantitative estimate of drug-likeness (QED) is 0.488. The van der Waals surface area contributed by atoms with Crippen LogP contribution in [0, 0.1) is 11.8 Å². The van der Waals surface area contributed by atoms with Crippen LogP contribution >= 0.6 is 0 Å². The number of hydroxylamine groups is 1. The van der Waals surface area contributed by atoms with Crippen molar-refractivity contribution in [3.63, 3.8) is 0 Å². The minimum atomic E-state index is -0.641. The van der Waals surface area contributed by atoms with E-state index in [4.69, 9.17) is 5.21 Å². The van der Waals surface area contributed by atoms with Crippen molar-refractivity contribution < 1.29 is 14.8 Å². The van der Waals surface area contributed by atoms with Crippen LogP contribution in [0.4, 0.5) is 5.95 Å². The molecular formula is C23H21N5O3. The third-order valence-electron chi connectivity index (χ3n) is 7.15. The smallest absolute Gasteiger partial charge is 0.277 e. The van der Waals surface area contributed by atoms with Crippen LogP contribution in [-0.4, -0.2) is 50.0 Å². The van der Waals surface area contributed by atoms with Crippen LogP contribution < -0.4 is 10.4 Å². The molecule has 0 radical (unpaired) electrons. The Labute approximate surface area is 178 Å². The first-order valence-electron chi connectivity index (χ1n) is 10.3. The van der Waals surface area contributed by atoms with Crippen molar-refractivity contribution in [1.82, 2.24) is 20.3 Å². The normalized spacial score (nSPS) is 27.0. The molecule has 2 amide bonds. The Hall–Kier alpha value is -3.52. The van der Waals surface area contributed by atoms with Gasteiger partial charge in [0.25, 0.3) is 5.91 Å². The summed E-state index contributed by atoms with van der Waals surface area (Å²) in [7, 11) is 0. The highest BCUT2D eigenvalue weighted by atomic mass is 16.5. The lowest BCUT2D eigenvalue weighted by Gasteiger charge is -2.27. The van der Waals surface area contributed by atoms with Crippen LogP contribution in [0.25, 0.3) is 10.8 Å².